The first-order valence-electron chi connectivity index (χ1n) is 8.89. The van der Waals surface area contributed by atoms with E-state index < -0.39 is 16.8 Å². The minimum atomic E-state index is -0.734. The summed E-state index contributed by atoms with van der Waals surface area (Å²) in [6.45, 7) is 0.556. The second kappa shape index (κ2) is 5.83. The number of nitrogens with zero attached hydrogens (tertiary/aromatic N) is 1. The number of para-hydroxylation sites is 1. The van der Waals surface area contributed by atoms with Gasteiger partial charge in [-0.2, -0.15) is 0 Å². The molecule has 2 bridgehead atoms. The number of hydrogen-bond acceptors (Lipinski definition) is 3. The standard InChI is InChI=1S/C20H22N2O3/c23-17(19-6-8-20(13-19,9-7-19)18(24)25)21-10-5-14-11-15-3-1-2-4-16(15)22-12-14/h1-4,11-12H,5-10,13H2,(H,21,23)(H,24,25). The minimum absolute atomic E-state index is 0.0295. The van der Waals surface area contributed by atoms with Crippen molar-refractivity contribution in [1.29, 1.82) is 0 Å². The molecule has 2 fully saturated rings. The lowest BCUT2D eigenvalue weighted by Gasteiger charge is -2.25. The predicted octanol–water partition coefficient (Wildman–Crippen LogP) is 2.93. The Kier molecular flexibility index (Phi) is 3.74. The first-order chi connectivity index (χ1) is 12.0. The van der Waals surface area contributed by atoms with Crippen LogP contribution in [0.4, 0.5) is 0 Å². The molecule has 0 saturated heterocycles. The summed E-state index contributed by atoms with van der Waals surface area (Å²) >= 11 is 0. The van der Waals surface area contributed by atoms with Gasteiger partial charge in [0.1, 0.15) is 0 Å². The molecule has 2 aliphatic rings. The van der Waals surface area contributed by atoms with Crippen LogP contribution in [0.15, 0.2) is 36.5 Å². The first kappa shape index (κ1) is 16.1. The maximum absolute atomic E-state index is 12.7. The number of hydrogen-bond donors (Lipinski definition) is 2. The lowest BCUT2D eigenvalue weighted by atomic mass is 9.81. The second-order valence-electron chi connectivity index (χ2n) is 7.58. The van der Waals surface area contributed by atoms with Crippen molar-refractivity contribution in [2.75, 3.05) is 6.54 Å². The van der Waals surface area contributed by atoms with E-state index in [4.69, 9.17) is 0 Å². The number of nitrogens with one attached hydrogen (secondary N) is 1. The van der Waals surface area contributed by atoms with Gasteiger partial charge in [-0.1, -0.05) is 18.2 Å². The Hall–Kier alpha value is -2.43. The van der Waals surface area contributed by atoms with Crippen molar-refractivity contribution in [1.82, 2.24) is 10.3 Å². The highest BCUT2D eigenvalue weighted by atomic mass is 16.4. The van der Waals surface area contributed by atoms with Gasteiger partial charge in [0.2, 0.25) is 5.91 Å². The van der Waals surface area contributed by atoms with Gasteiger partial charge in [0.05, 0.1) is 16.3 Å². The molecule has 25 heavy (non-hydrogen) atoms. The summed E-state index contributed by atoms with van der Waals surface area (Å²) < 4.78 is 0. The molecule has 1 heterocycles. The summed E-state index contributed by atoms with van der Waals surface area (Å²) in [7, 11) is 0. The van der Waals surface area contributed by atoms with E-state index in [2.05, 4.69) is 16.4 Å². The van der Waals surface area contributed by atoms with Crippen LogP contribution in [0, 0.1) is 10.8 Å². The van der Waals surface area contributed by atoms with E-state index in [9.17, 15) is 14.7 Å². The van der Waals surface area contributed by atoms with Crippen LogP contribution >= 0.6 is 0 Å². The lowest BCUT2D eigenvalue weighted by Crippen LogP contribution is -2.39. The molecule has 130 valence electrons. The molecule has 1 aromatic carbocycles. The molecular formula is C20H22N2O3. The summed E-state index contributed by atoms with van der Waals surface area (Å²) in [5.74, 6) is -0.705. The number of carbonyl (C=O) groups excluding carboxylic acids is 1. The van der Waals surface area contributed by atoms with Crippen LogP contribution < -0.4 is 5.32 Å². The maximum atomic E-state index is 12.7. The first-order valence-corrected chi connectivity index (χ1v) is 8.89. The molecule has 4 rings (SSSR count). The van der Waals surface area contributed by atoms with Gasteiger partial charge in [-0.3, -0.25) is 14.6 Å². The number of fused-ring (bicyclic) bond motifs is 3. The highest BCUT2D eigenvalue weighted by molar-refractivity contribution is 5.87. The zero-order chi connectivity index (χ0) is 17.5. The molecule has 2 aromatic rings. The van der Waals surface area contributed by atoms with E-state index in [1.54, 1.807) is 0 Å². The normalized spacial score (nSPS) is 27.5. The number of pyridine rings is 1. The minimum Gasteiger partial charge on any atom is -0.481 e. The molecule has 1 aromatic heterocycles. The van der Waals surface area contributed by atoms with Gasteiger partial charge >= 0.3 is 5.97 Å². The topological polar surface area (TPSA) is 79.3 Å². The van der Waals surface area contributed by atoms with Crippen molar-refractivity contribution >= 4 is 22.8 Å². The van der Waals surface area contributed by atoms with E-state index in [0.717, 1.165) is 22.9 Å². The Bertz CT molecular complexity index is 838. The van der Waals surface area contributed by atoms with Crippen LogP contribution in [0.25, 0.3) is 10.9 Å². The van der Waals surface area contributed by atoms with Gasteiger partial charge < -0.3 is 10.4 Å². The van der Waals surface area contributed by atoms with Crippen LogP contribution in [0.1, 0.15) is 37.7 Å². The molecule has 0 atom stereocenters. The molecule has 5 heteroatoms. The predicted molar refractivity (Wildman–Crippen MR) is 94.0 cm³/mol. The summed E-state index contributed by atoms with van der Waals surface area (Å²) in [6, 6.07) is 10.1. The van der Waals surface area contributed by atoms with Crippen molar-refractivity contribution < 1.29 is 14.7 Å². The Morgan fingerprint density at radius 2 is 1.84 bits per heavy atom. The second-order valence-corrected chi connectivity index (χ2v) is 7.58. The molecule has 0 spiro atoms. The van der Waals surface area contributed by atoms with Crippen LogP contribution in [0.5, 0.6) is 0 Å². The van der Waals surface area contributed by atoms with E-state index in [1.807, 2.05) is 30.5 Å². The zero-order valence-electron chi connectivity index (χ0n) is 14.1. The SMILES string of the molecule is O=C(O)C12CCC(C(=O)NCCc3cnc4ccccc4c3)(CC1)C2. The summed E-state index contributed by atoms with van der Waals surface area (Å²) in [5.41, 5.74) is 0.949. The van der Waals surface area contributed by atoms with E-state index >= 15 is 0 Å². The fourth-order valence-corrected chi connectivity index (χ4v) is 4.57. The number of carbonyl (C=O) groups is 2. The maximum Gasteiger partial charge on any atom is 0.309 e. The highest BCUT2D eigenvalue weighted by Crippen LogP contribution is 2.61. The molecule has 2 saturated carbocycles. The number of carboxylic acid groups (broad SMARTS) is 1. The molecular weight excluding hydrogens is 316 g/mol. The van der Waals surface area contributed by atoms with Crippen molar-refractivity contribution in [3.05, 3.63) is 42.1 Å². The molecule has 0 radical (unpaired) electrons. The number of aromatic nitrogens is 1. The number of aliphatic carboxylic acids is 1. The average molecular weight is 338 g/mol. The molecule has 5 nitrogen and oxygen atoms in total. The fraction of sp³-hybridized carbons (Fsp3) is 0.450. The van der Waals surface area contributed by atoms with Crippen LogP contribution in [-0.2, 0) is 16.0 Å². The zero-order valence-corrected chi connectivity index (χ0v) is 14.1. The van der Waals surface area contributed by atoms with Gasteiger partial charge in [-0.15, -0.1) is 0 Å². The number of amides is 1. The van der Waals surface area contributed by atoms with Crippen LogP contribution in [0.2, 0.25) is 0 Å². The van der Waals surface area contributed by atoms with Crippen molar-refractivity contribution in [2.45, 2.75) is 38.5 Å². The van der Waals surface area contributed by atoms with Crippen molar-refractivity contribution in [3.63, 3.8) is 0 Å². The number of rotatable bonds is 5. The quantitative estimate of drug-likeness (QED) is 0.878. The molecule has 0 unspecified atom stereocenters. The lowest BCUT2D eigenvalue weighted by molar-refractivity contribution is -0.148. The number of benzene rings is 1. The van der Waals surface area contributed by atoms with Gasteiger partial charge in [-0.25, -0.2) is 0 Å². The van der Waals surface area contributed by atoms with Crippen molar-refractivity contribution in [3.8, 4) is 0 Å². The van der Waals surface area contributed by atoms with Gasteiger partial charge in [0.15, 0.2) is 0 Å². The van der Waals surface area contributed by atoms with Gasteiger partial charge in [0.25, 0.3) is 0 Å². The Morgan fingerprint density at radius 1 is 1.12 bits per heavy atom. The average Bonchev–Trinajstić information content (AvgIpc) is 3.21. The fourth-order valence-electron chi connectivity index (χ4n) is 4.57. The van der Waals surface area contributed by atoms with Gasteiger partial charge in [-0.05, 0) is 56.2 Å². The van der Waals surface area contributed by atoms with Crippen molar-refractivity contribution in [2.24, 2.45) is 10.8 Å². The number of carboxylic acids is 1. The smallest absolute Gasteiger partial charge is 0.309 e. The molecule has 1 amide bonds. The monoisotopic (exact) mass is 338 g/mol. The van der Waals surface area contributed by atoms with Crippen LogP contribution in [0.3, 0.4) is 0 Å². The third-order valence-corrected chi connectivity index (χ3v) is 6.12. The molecule has 2 aliphatic carbocycles. The van der Waals surface area contributed by atoms with E-state index in [0.29, 0.717) is 38.6 Å². The molecule has 0 aliphatic heterocycles. The molecule has 2 N–H and O–H groups in total. The Labute approximate surface area is 146 Å². The summed E-state index contributed by atoms with van der Waals surface area (Å²) in [5, 5.41) is 13.6. The summed E-state index contributed by atoms with van der Waals surface area (Å²) in [4.78, 5) is 28.6. The van der Waals surface area contributed by atoms with E-state index in [-0.39, 0.29) is 5.91 Å². The third-order valence-electron chi connectivity index (χ3n) is 6.12. The van der Waals surface area contributed by atoms with E-state index in [1.165, 1.54) is 0 Å². The third kappa shape index (κ3) is 2.68. The Morgan fingerprint density at radius 3 is 2.56 bits per heavy atom. The summed E-state index contributed by atoms with van der Waals surface area (Å²) in [6.07, 6.45) is 5.73. The Balaban J connectivity index is 1.37. The largest absolute Gasteiger partial charge is 0.481 e. The van der Waals surface area contributed by atoms with Gasteiger partial charge in [0, 0.05) is 18.1 Å². The van der Waals surface area contributed by atoms with Crippen LogP contribution in [-0.4, -0.2) is 28.5 Å². The highest BCUT2D eigenvalue weighted by Gasteiger charge is 2.61.